The van der Waals surface area contributed by atoms with Gasteiger partial charge in [0.2, 0.25) is 0 Å². The third-order valence-corrected chi connectivity index (χ3v) is 5.00. The van der Waals surface area contributed by atoms with Crippen LogP contribution in [0.25, 0.3) is 11.2 Å². The van der Waals surface area contributed by atoms with Crippen LogP contribution in [-0.4, -0.2) is 40.8 Å². The highest BCUT2D eigenvalue weighted by Gasteiger charge is 2.22. The minimum Gasteiger partial charge on any atom is -0.381 e. The molecule has 4 rings (SSSR count). The Kier molecular flexibility index (Phi) is 4.08. The molecule has 2 aliphatic heterocycles. The molecule has 4 heterocycles. The molecule has 5 heteroatoms. The molecule has 2 aromatic rings. The van der Waals surface area contributed by atoms with Gasteiger partial charge in [0.15, 0.2) is 5.65 Å². The first-order chi connectivity index (χ1) is 10.9. The monoisotopic (exact) mass is 300 g/mol. The molecule has 118 valence electrons. The lowest BCUT2D eigenvalue weighted by molar-refractivity contribution is 0.0612. The van der Waals surface area contributed by atoms with E-state index in [2.05, 4.69) is 20.9 Å². The topological polar surface area (TPSA) is 52.0 Å². The number of imidazole rings is 1. The van der Waals surface area contributed by atoms with Crippen molar-refractivity contribution < 1.29 is 4.74 Å². The lowest BCUT2D eigenvalue weighted by Gasteiger charge is -2.23. The van der Waals surface area contributed by atoms with Gasteiger partial charge in [-0.3, -0.25) is 0 Å². The zero-order chi connectivity index (χ0) is 14.8. The molecule has 0 spiro atoms. The van der Waals surface area contributed by atoms with Crippen LogP contribution in [0.3, 0.4) is 0 Å². The molecule has 1 N–H and O–H groups in total. The van der Waals surface area contributed by atoms with Crippen molar-refractivity contribution in [1.29, 1.82) is 0 Å². The number of nitrogens with one attached hydrogen (secondary N) is 1. The van der Waals surface area contributed by atoms with E-state index in [0.717, 1.165) is 63.3 Å². The largest absolute Gasteiger partial charge is 0.381 e. The van der Waals surface area contributed by atoms with Crippen molar-refractivity contribution in [1.82, 2.24) is 19.9 Å². The Labute approximate surface area is 131 Å². The van der Waals surface area contributed by atoms with Crippen LogP contribution >= 0.6 is 0 Å². The number of ether oxygens (including phenoxy) is 1. The van der Waals surface area contributed by atoms with Gasteiger partial charge < -0.3 is 14.6 Å². The average molecular weight is 300 g/mol. The van der Waals surface area contributed by atoms with Crippen LogP contribution in [-0.2, 0) is 17.7 Å². The maximum absolute atomic E-state index is 5.50. The number of pyridine rings is 1. The van der Waals surface area contributed by atoms with E-state index in [1.54, 1.807) is 0 Å². The van der Waals surface area contributed by atoms with E-state index < -0.39 is 0 Å². The van der Waals surface area contributed by atoms with E-state index in [9.17, 15) is 0 Å². The zero-order valence-electron chi connectivity index (χ0n) is 13.0. The van der Waals surface area contributed by atoms with Crippen LogP contribution < -0.4 is 5.32 Å². The molecule has 0 radical (unpaired) electrons. The van der Waals surface area contributed by atoms with Gasteiger partial charge in [0.05, 0.1) is 0 Å². The van der Waals surface area contributed by atoms with E-state index in [1.165, 1.54) is 12.2 Å². The second-order valence-corrected chi connectivity index (χ2v) is 6.60. The number of hydrogen-bond donors (Lipinski definition) is 1. The third kappa shape index (κ3) is 2.88. The summed E-state index contributed by atoms with van der Waals surface area (Å²) in [4.78, 5) is 9.48. The van der Waals surface area contributed by atoms with E-state index in [1.807, 2.05) is 12.3 Å². The molecule has 0 aromatic carbocycles. The van der Waals surface area contributed by atoms with Gasteiger partial charge in [-0.25, -0.2) is 9.97 Å². The van der Waals surface area contributed by atoms with Crippen molar-refractivity contribution >= 4 is 11.2 Å². The predicted molar refractivity (Wildman–Crippen MR) is 85.8 cm³/mol. The Morgan fingerprint density at radius 2 is 2.14 bits per heavy atom. The Morgan fingerprint density at radius 1 is 1.23 bits per heavy atom. The molecule has 2 aromatic heterocycles. The summed E-state index contributed by atoms with van der Waals surface area (Å²) in [6, 6.07) is 4.06. The Balaban J connectivity index is 1.63. The van der Waals surface area contributed by atoms with Crippen LogP contribution in [0.1, 0.15) is 25.1 Å². The maximum Gasteiger partial charge on any atom is 0.159 e. The average Bonchev–Trinajstić information content (AvgIpc) is 3.18. The standard InChI is InChI=1S/C17H24N4O/c1-2-15-17(19-6-1)21(12-13-4-8-22-9-5-13)16(20-15)10-14-3-7-18-11-14/h1-2,6,13-14,18H,3-5,7-12H2. The lowest BCUT2D eigenvalue weighted by Crippen LogP contribution is -2.22. The molecule has 2 aliphatic rings. The van der Waals surface area contributed by atoms with Crippen LogP contribution in [0.5, 0.6) is 0 Å². The minimum atomic E-state index is 0.689. The van der Waals surface area contributed by atoms with Crippen molar-refractivity contribution in [2.24, 2.45) is 11.8 Å². The number of aromatic nitrogens is 3. The second-order valence-electron chi connectivity index (χ2n) is 6.60. The fourth-order valence-electron chi connectivity index (χ4n) is 3.69. The van der Waals surface area contributed by atoms with Crippen molar-refractivity contribution in [2.75, 3.05) is 26.3 Å². The smallest absolute Gasteiger partial charge is 0.159 e. The van der Waals surface area contributed by atoms with Gasteiger partial charge in [-0.15, -0.1) is 0 Å². The van der Waals surface area contributed by atoms with E-state index in [4.69, 9.17) is 9.72 Å². The molecule has 0 aliphatic carbocycles. The molecule has 1 atom stereocenters. The molecule has 2 saturated heterocycles. The molecule has 1 unspecified atom stereocenters. The van der Waals surface area contributed by atoms with Gasteiger partial charge >= 0.3 is 0 Å². The predicted octanol–water partition coefficient (Wildman–Crippen LogP) is 2.01. The Hall–Kier alpha value is -1.46. The first-order valence-corrected chi connectivity index (χ1v) is 8.49. The molecule has 0 saturated carbocycles. The molecule has 2 fully saturated rings. The molecule has 0 bridgehead atoms. The highest BCUT2D eigenvalue weighted by molar-refractivity contribution is 5.71. The second kappa shape index (κ2) is 6.34. The van der Waals surface area contributed by atoms with Gasteiger partial charge in [0.1, 0.15) is 11.3 Å². The van der Waals surface area contributed by atoms with Gasteiger partial charge in [-0.2, -0.15) is 0 Å². The van der Waals surface area contributed by atoms with Gasteiger partial charge in [-0.1, -0.05) is 0 Å². The normalized spacial score (nSPS) is 23.4. The molecular formula is C17H24N4O. The van der Waals surface area contributed by atoms with Crippen LogP contribution in [0, 0.1) is 11.8 Å². The summed E-state index contributed by atoms with van der Waals surface area (Å²) < 4.78 is 7.87. The van der Waals surface area contributed by atoms with E-state index in [-0.39, 0.29) is 0 Å². The number of hydrogen-bond acceptors (Lipinski definition) is 4. The van der Waals surface area contributed by atoms with Gasteiger partial charge in [-0.05, 0) is 56.3 Å². The SMILES string of the molecule is c1cnc2c(c1)nc(CC1CCNC1)n2CC1CCOCC1. The van der Waals surface area contributed by atoms with Crippen LogP contribution in [0.4, 0.5) is 0 Å². The minimum absolute atomic E-state index is 0.689. The fourth-order valence-corrected chi connectivity index (χ4v) is 3.69. The number of fused-ring (bicyclic) bond motifs is 1. The lowest BCUT2D eigenvalue weighted by atomic mass is 10.00. The number of nitrogens with zero attached hydrogens (tertiary/aromatic N) is 3. The third-order valence-electron chi connectivity index (χ3n) is 5.00. The summed E-state index contributed by atoms with van der Waals surface area (Å²) >= 11 is 0. The highest BCUT2D eigenvalue weighted by atomic mass is 16.5. The maximum atomic E-state index is 5.50. The summed E-state index contributed by atoms with van der Waals surface area (Å²) in [5, 5.41) is 3.46. The fraction of sp³-hybridized carbons (Fsp3) is 0.647. The summed E-state index contributed by atoms with van der Waals surface area (Å²) in [6.07, 6.45) is 6.50. The summed E-state index contributed by atoms with van der Waals surface area (Å²) in [5.74, 6) is 2.62. The Morgan fingerprint density at radius 3 is 2.95 bits per heavy atom. The highest BCUT2D eigenvalue weighted by Crippen LogP contribution is 2.24. The van der Waals surface area contributed by atoms with Crippen molar-refractivity contribution in [3.05, 3.63) is 24.2 Å². The molecule has 5 nitrogen and oxygen atoms in total. The van der Waals surface area contributed by atoms with Crippen molar-refractivity contribution in [3.8, 4) is 0 Å². The molecular weight excluding hydrogens is 276 g/mol. The van der Waals surface area contributed by atoms with E-state index in [0.29, 0.717) is 11.8 Å². The summed E-state index contributed by atoms with van der Waals surface area (Å²) in [5.41, 5.74) is 2.09. The quantitative estimate of drug-likeness (QED) is 0.938. The number of rotatable bonds is 4. The summed E-state index contributed by atoms with van der Waals surface area (Å²) in [6.45, 7) is 5.09. The summed E-state index contributed by atoms with van der Waals surface area (Å²) in [7, 11) is 0. The Bertz CT molecular complexity index is 627. The van der Waals surface area contributed by atoms with Crippen LogP contribution in [0.15, 0.2) is 18.3 Å². The molecule has 22 heavy (non-hydrogen) atoms. The zero-order valence-corrected chi connectivity index (χ0v) is 13.0. The first kappa shape index (κ1) is 14.2. The molecule has 0 amide bonds. The van der Waals surface area contributed by atoms with Gasteiger partial charge in [0, 0.05) is 32.4 Å². The van der Waals surface area contributed by atoms with Gasteiger partial charge in [0.25, 0.3) is 0 Å². The van der Waals surface area contributed by atoms with Crippen LogP contribution in [0.2, 0.25) is 0 Å². The van der Waals surface area contributed by atoms with Crippen molar-refractivity contribution in [3.63, 3.8) is 0 Å². The van der Waals surface area contributed by atoms with Crippen molar-refractivity contribution in [2.45, 2.75) is 32.2 Å². The van der Waals surface area contributed by atoms with E-state index >= 15 is 0 Å². The first-order valence-electron chi connectivity index (χ1n) is 8.49.